The molecule has 0 atom stereocenters. The van der Waals surface area contributed by atoms with Gasteiger partial charge in [0, 0.05) is 37.3 Å². The third kappa shape index (κ3) is 5.29. The van der Waals surface area contributed by atoms with Crippen LogP contribution in [0.3, 0.4) is 0 Å². The van der Waals surface area contributed by atoms with Crippen LogP contribution in [-0.4, -0.2) is 24.9 Å². The van der Waals surface area contributed by atoms with E-state index in [0.717, 1.165) is 24.3 Å². The molecule has 0 aliphatic heterocycles. The van der Waals surface area contributed by atoms with E-state index in [1.54, 1.807) is 6.92 Å². The van der Waals surface area contributed by atoms with Gasteiger partial charge in [0.2, 0.25) is 5.91 Å². The summed E-state index contributed by atoms with van der Waals surface area (Å²) in [5, 5.41) is 2.45. The molecule has 4 nitrogen and oxygen atoms in total. The minimum Gasteiger partial charge on any atom is -0.352 e. The molecule has 0 aromatic heterocycles. The number of rotatable bonds is 7. The highest BCUT2D eigenvalue weighted by Gasteiger charge is 2.16. The maximum absolute atomic E-state index is 13.5. The maximum atomic E-state index is 13.5. The summed E-state index contributed by atoms with van der Waals surface area (Å²) >= 11 is 0. The Labute approximate surface area is 153 Å². The van der Waals surface area contributed by atoms with Gasteiger partial charge < -0.3 is 10.2 Å². The zero-order chi connectivity index (χ0) is 20.0. The number of halogens is 4. The van der Waals surface area contributed by atoms with Crippen molar-refractivity contribution in [2.45, 2.75) is 19.8 Å². The predicted molar refractivity (Wildman–Crippen MR) is 92.3 cm³/mol. The van der Waals surface area contributed by atoms with E-state index in [0.29, 0.717) is 6.07 Å². The summed E-state index contributed by atoms with van der Waals surface area (Å²) < 4.78 is 52.7. The lowest BCUT2D eigenvalue weighted by atomic mass is 10.2. The molecule has 2 rings (SSSR count). The molecule has 2 aromatic rings. The van der Waals surface area contributed by atoms with Gasteiger partial charge >= 0.3 is 0 Å². The molecule has 0 fully saturated rings. The Morgan fingerprint density at radius 1 is 0.963 bits per heavy atom. The molecule has 144 valence electrons. The maximum Gasteiger partial charge on any atom is 0.254 e. The highest BCUT2D eigenvalue weighted by atomic mass is 19.2. The topological polar surface area (TPSA) is 49.4 Å². The summed E-state index contributed by atoms with van der Waals surface area (Å²) in [6.45, 7) is 2.05. The minimum absolute atomic E-state index is 0.0407. The lowest BCUT2D eigenvalue weighted by Crippen LogP contribution is -2.32. The van der Waals surface area contributed by atoms with Crippen LogP contribution in [-0.2, 0) is 4.79 Å². The van der Waals surface area contributed by atoms with Crippen molar-refractivity contribution >= 4 is 17.5 Å². The van der Waals surface area contributed by atoms with Crippen LogP contribution in [0.15, 0.2) is 36.4 Å². The molecular weight excluding hydrogens is 364 g/mol. The Morgan fingerprint density at radius 2 is 1.70 bits per heavy atom. The fourth-order valence-corrected chi connectivity index (χ4v) is 2.50. The van der Waals surface area contributed by atoms with Gasteiger partial charge in [0.25, 0.3) is 5.91 Å². The van der Waals surface area contributed by atoms with E-state index in [9.17, 15) is 27.2 Å². The van der Waals surface area contributed by atoms with Crippen LogP contribution in [0.25, 0.3) is 0 Å². The van der Waals surface area contributed by atoms with E-state index >= 15 is 0 Å². The van der Waals surface area contributed by atoms with Crippen molar-refractivity contribution in [1.82, 2.24) is 5.32 Å². The van der Waals surface area contributed by atoms with E-state index in [1.165, 1.54) is 11.0 Å². The van der Waals surface area contributed by atoms with Crippen molar-refractivity contribution in [3.05, 3.63) is 65.2 Å². The molecule has 0 radical (unpaired) electrons. The van der Waals surface area contributed by atoms with Crippen LogP contribution in [0.4, 0.5) is 23.2 Å². The Hall–Kier alpha value is -2.90. The Bertz CT molecular complexity index is 842. The molecule has 0 saturated heterocycles. The van der Waals surface area contributed by atoms with Gasteiger partial charge in [0.05, 0.1) is 5.56 Å². The van der Waals surface area contributed by atoms with Crippen molar-refractivity contribution in [2.24, 2.45) is 0 Å². The molecule has 0 saturated carbocycles. The zero-order valence-electron chi connectivity index (χ0n) is 14.6. The summed E-state index contributed by atoms with van der Waals surface area (Å²) in [6, 6.07) is 5.81. The van der Waals surface area contributed by atoms with Gasteiger partial charge in [-0.15, -0.1) is 0 Å². The first kappa shape index (κ1) is 20.4. The van der Waals surface area contributed by atoms with Gasteiger partial charge in [-0.1, -0.05) is 0 Å². The number of amides is 2. The van der Waals surface area contributed by atoms with Crippen molar-refractivity contribution in [3.63, 3.8) is 0 Å². The van der Waals surface area contributed by atoms with Crippen LogP contribution < -0.4 is 10.2 Å². The molecule has 0 heterocycles. The molecule has 0 spiro atoms. The molecule has 1 N–H and O–H groups in total. The number of anilines is 1. The standard InChI is InChI=1S/C19H18F4N2O2/c1-2-25(13-6-8-15(21)17(23)11-13)18(26)4-3-9-24-19(27)14-7-5-12(20)10-16(14)22/h5-8,10-11H,2-4,9H2,1H3,(H,24,27). The Balaban J connectivity index is 1.87. The fourth-order valence-electron chi connectivity index (χ4n) is 2.50. The molecule has 27 heavy (non-hydrogen) atoms. The van der Waals surface area contributed by atoms with Gasteiger partial charge in [0.15, 0.2) is 11.6 Å². The van der Waals surface area contributed by atoms with E-state index in [4.69, 9.17) is 0 Å². The minimum atomic E-state index is -1.05. The van der Waals surface area contributed by atoms with Crippen molar-refractivity contribution in [1.29, 1.82) is 0 Å². The first-order valence-corrected chi connectivity index (χ1v) is 8.32. The van der Waals surface area contributed by atoms with E-state index in [-0.39, 0.29) is 43.1 Å². The smallest absolute Gasteiger partial charge is 0.254 e. The fraction of sp³-hybridized carbons (Fsp3) is 0.263. The highest BCUT2D eigenvalue weighted by molar-refractivity contribution is 5.95. The van der Waals surface area contributed by atoms with Crippen LogP contribution in [0.5, 0.6) is 0 Å². The molecule has 0 aliphatic carbocycles. The molecule has 0 unspecified atom stereocenters. The number of hydrogen-bond acceptors (Lipinski definition) is 2. The first-order chi connectivity index (χ1) is 12.8. The molecular formula is C19H18F4N2O2. The summed E-state index contributed by atoms with van der Waals surface area (Å²) in [6.07, 6.45) is 0.298. The second kappa shape index (κ2) is 9.16. The van der Waals surface area contributed by atoms with Crippen molar-refractivity contribution in [3.8, 4) is 0 Å². The van der Waals surface area contributed by atoms with Gasteiger partial charge in [-0.25, -0.2) is 17.6 Å². The molecule has 0 aliphatic rings. The highest BCUT2D eigenvalue weighted by Crippen LogP contribution is 2.19. The number of nitrogens with zero attached hydrogens (tertiary/aromatic N) is 1. The second-order valence-electron chi connectivity index (χ2n) is 5.72. The zero-order valence-corrected chi connectivity index (χ0v) is 14.6. The largest absolute Gasteiger partial charge is 0.352 e. The third-order valence-corrected chi connectivity index (χ3v) is 3.86. The third-order valence-electron chi connectivity index (χ3n) is 3.86. The number of carbonyl (C=O) groups excluding carboxylic acids is 2. The molecule has 8 heteroatoms. The van der Waals surface area contributed by atoms with Gasteiger partial charge in [-0.3, -0.25) is 9.59 Å². The van der Waals surface area contributed by atoms with Crippen LogP contribution >= 0.6 is 0 Å². The molecule has 0 bridgehead atoms. The number of nitrogens with one attached hydrogen (secondary N) is 1. The predicted octanol–water partition coefficient (Wildman–Crippen LogP) is 3.81. The van der Waals surface area contributed by atoms with E-state index in [1.807, 2.05) is 0 Å². The van der Waals surface area contributed by atoms with Crippen LogP contribution in [0, 0.1) is 23.3 Å². The van der Waals surface area contributed by atoms with Crippen LogP contribution in [0.1, 0.15) is 30.1 Å². The van der Waals surface area contributed by atoms with E-state index < -0.39 is 29.2 Å². The summed E-state index contributed by atoms with van der Waals surface area (Å²) in [5.41, 5.74) is -0.0569. The van der Waals surface area contributed by atoms with Crippen molar-refractivity contribution < 1.29 is 27.2 Å². The normalized spacial score (nSPS) is 10.6. The summed E-state index contributed by atoms with van der Waals surface area (Å²) in [5.74, 6) is -4.85. The van der Waals surface area contributed by atoms with Crippen molar-refractivity contribution in [2.75, 3.05) is 18.0 Å². The van der Waals surface area contributed by atoms with Crippen LogP contribution in [0.2, 0.25) is 0 Å². The molecule has 2 amide bonds. The number of benzene rings is 2. The van der Waals surface area contributed by atoms with E-state index in [2.05, 4.69) is 5.32 Å². The lowest BCUT2D eigenvalue weighted by Gasteiger charge is -2.21. The Kier molecular flexibility index (Phi) is 6.92. The second-order valence-corrected chi connectivity index (χ2v) is 5.72. The monoisotopic (exact) mass is 382 g/mol. The van der Waals surface area contributed by atoms with Gasteiger partial charge in [-0.2, -0.15) is 0 Å². The molecule has 2 aromatic carbocycles. The SMILES string of the molecule is CCN(C(=O)CCCNC(=O)c1ccc(F)cc1F)c1ccc(F)c(F)c1. The average molecular weight is 382 g/mol. The quantitative estimate of drug-likeness (QED) is 0.585. The summed E-state index contributed by atoms with van der Waals surface area (Å²) in [4.78, 5) is 25.4. The number of hydrogen-bond donors (Lipinski definition) is 1. The summed E-state index contributed by atoms with van der Waals surface area (Å²) in [7, 11) is 0. The first-order valence-electron chi connectivity index (χ1n) is 8.32. The average Bonchev–Trinajstić information content (AvgIpc) is 2.62. The van der Waals surface area contributed by atoms with Gasteiger partial charge in [0.1, 0.15) is 11.6 Å². The number of carbonyl (C=O) groups is 2. The van der Waals surface area contributed by atoms with Gasteiger partial charge in [-0.05, 0) is 37.6 Å². The Morgan fingerprint density at radius 3 is 2.33 bits per heavy atom. The lowest BCUT2D eigenvalue weighted by molar-refractivity contribution is -0.118.